The third-order valence-electron chi connectivity index (χ3n) is 5.30. The summed E-state index contributed by atoms with van der Waals surface area (Å²) < 4.78 is 35.3. The zero-order chi connectivity index (χ0) is 15.8. The Balaban J connectivity index is 1.60. The number of hydrogen-bond acceptors (Lipinski definition) is 2. The lowest BCUT2D eigenvalue weighted by atomic mass is 9.73. The summed E-state index contributed by atoms with van der Waals surface area (Å²) in [4.78, 5) is 0. The summed E-state index contributed by atoms with van der Waals surface area (Å²) in [5.41, 5.74) is 0. The van der Waals surface area contributed by atoms with Crippen molar-refractivity contribution in [1.29, 1.82) is 0 Å². The Morgan fingerprint density at radius 3 is 2.41 bits per heavy atom. The van der Waals surface area contributed by atoms with Gasteiger partial charge in [0.05, 0.1) is 6.61 Å². The van der Waals surface area contributed by atoms with Crippen LogP contribution in [0, 0.1) is 17.8 Å². The first-order chi connectivity index (χ1) is 10.7. The topological polar surface area (TPSA) is 18.5 Å². The molecule has 0 spiro atoms. The van der Waals surface area contributed by atoms with E-state index in [2.05, 4.69) is 0 Å². The van der Waals surface area contributed by atoms with Gasteiger partial charge in [0.1, 0.15) is 0 Å². The van der Waals surface area contributed by atoms with Crippen molar-refractivity contribution in [2.45, 2.75) is 71.0 Å². The molecule has 0 aromatic heterocycles. The van der Waals surface area contributed by atoms with Crippen LogP contribution in [0.3, 0.4) is 0 Å². The van der Waals surface area contributed by atoms with Crippen LogP contribution in [0.25, 0.3) is 0 Å². The van der Waals surface area contributed by atoms with E-state index < -0.39 is 6.08 Å². The minimum absolute atomic E-state index is 0.0153. The van der Waals surface area contributed by atoms with Crippen molar-refractivity contribution in [3.05, 3.63) is 12.2 Å². The highest BCUT2D eigenvalue weighted by Crippen LogP contribution is 2.39. The summed E-state index contributed by atoms with van der Waals surface area (Å²) >= 11 is 0. The first-order valence-corrected chi connectivity index (χ1v) is 8.93. The van der Waals surface area contributed by atoms with Gasteiger partial charge in [0.25, 0.3) is 6.08 Å². The lowest BCUT2D eigenvalue weighted by Crippen LogP contribution is -2.33. The fraction of sp³-hybridized carbons (Fsp3) is 0.889. The van der Waals surface area contributed by atoms with Gasteiger partial charge >= 0.3 is 0 Å². The van der Waals surface area contributed by atoms with E-state index in [4.69, 9.17) is 9.47 Å². The maximum atomic E-state index is 12.0. The van der Waals surface area contributed by atoms with Gasteiger partial charge in [0, 0.05) is 6.61 Å². The maximum Gasteiger partial charge on any atom is 0.266 e. The average molecular weight is 316 g/mol. The third-order valence-corrected chi connectivity index (χ3v) is 5.30. The number of hydrogen-bond donors (Lipinski definition) is 0. The van der Waals surface area contributed by atoms with E-state index in [1.54, 1.807) is 0 Å². The second kappa shape index (κ2) is 9.61. The van der Waals surface area contributed by atoms with Gasteiger partial charge in [-0.1, -0.05) is 19.3 Å². The molecule has 2 fully saturated rings. The molecule has 1 aliphatic heterocycles. The predicted octanol–water partition coefficient (Wildman–Crippen LogP) is 5.53. The Kier molecular flexibility index (Phi) is 7.81. The lowest BCUT2D eigenvalue weighted by Gasteiger charge is -2.37. The molecule has 4 heteroatoms. The van der Waals surface area contributed by atoms with Gasteiger partial charge in [0.15, 0.2) is 6.29 Å². The van der Waals surface area contributed by atoms with Crippen molar-refractivity contribution < 1.29 is 18.3 Å². The zero-order valence-corrected chi connectivity index (χ0v) is 13.7. The van der Waals surface area contributed by atoms with Crippen LogP contribution in [0.1, 0.15) is 64.7 Å². The van der Waals surface area contributed by atoms with Crippen molar-refractivity contribution in [2.24, 2.45) is 17.8 Å². The van der Waals surface area contributed by atoms with Gasteiger partial charge in [-0.05, 0) is 69.3 Å². The van der Waals surface area contributed by atoms with Crippen molar-refractivity contribution in [3.63, 3.8) is 0 Å². The molecule has 128 valence electrons. The van der Waals surface area contributed by atoms with Gasteiger partial charge in [-0.25, -0.2) is 0 Å². The maximum absolute atomic E-state index is 12.0. The van der Waals surface area contributed by atoms with Crippen LogP contribution >= 0.6 is 0 Å². The summed E-state index contributed by atoms with van der Waals surface area (Å²) in [6.45, 7) is 3.58. The molecule has 1 saturated heterocycles. The second-order valence-corrected chi connectivity index (χ2v) is 6.76. The highest BCUT2D eigenvalue weighted by Gasteiger charge is 2.31. The van der Waals surface area contributed by atoms with Crippen LogP contribution in [0.15, 0.2) is 12.2 Å². The van der Waals surface area contributed by atoms with Crippen LogP contribution in [-0.4, -0.2) is 19.5 Å². The Hall–Kier alpha value is -0.480. The number of ether oxygens (including phenoxy) is 2. The fourth-order valence-corrected chi connectivity index (χ4v) is 4.00. The molecule has 1 saturated carbocycles. The molecule has 2 nitrogen and oxygen atoms in total. The summed E-state index contributed by atoms with van der Waals surface area (Å²) in [5, 5.41) is 0. The zero-order valence-electron chi connectivity index (χ0n) is 13.7. The number of halogens is 2. The van der Waals surface area contributed by atoms with E-state index in [1.165, 1.54) is 32.1 Å². The summed E-state index contributed by atoms with van der Waals surface area (Å²) in [6.07, 6.45) is 9.40. The average Bonchev–Trinajstić information content (AvgIpc) is 2.53. The van der Waals surface area contributed by atoms with Gasteiger partial charge in [-0.3, -0.25) is 0 Å². The van der Waals surface area contributed by atoms with E-state index in [-0.39, 0.29) is 6.29 Å². The second-order valence-electron chi connectivity index (χ2n) is 6.76. The number of unbranched alkanes of at least 4 members (excludes halogenated alkanes) is 1. The molecule has 2 rings (SSSR count). The largest absolute Gasteiger partial charge is 0.353 e. The fourth-order valence-electron chi connectivity index (χ4n) is 4.00. The Morgan fingerprint density at radius 1 is 1.09 bits per heavy atom. The molecule has 2 aliphatic rings. The molecule has 0 bridgehead atoms. The van der Waals surface area contributed by atoms with Crippen molar-refractivity contribution in [1.82, 2.24) is 0 Å². The first kappa shape index (κ1) is 17.9. The molecule has 2 atom stereocenters. The van der Waals surface area contributed by atoms with E-state index in [1.807, 2.05) is 6.92 Å². The van der Waals surface area contributed by atoms with Gasteiger partial charge in [-0.15, -0.1) is 0 Å². The molecular weight excluding hydrogens is 286 g/mol. The van der Waals surface area contributed by atoms with Gasteiger partial charge in [-0.2, -0.15) is 8.78 Å². The minimum Gasteiger partial charge on any atom is -0.353 e. The molecule has 0 N–H and O–H groups in total. The molecular formula is C18H30F2O2. The summed E-state index contributed by atoms with van der Waals surface area (Å²) in [5.74, 6) is 2.23. The lowest BCUT2D eigenvalue weighted by molar-refractivity contribution is -0.179. The van der Waals surface area contributed by atoms with E-state index in [9.17, 15) is 8.78 Å². The molecule has 0 amide bonds. The molecule has 22 heavy (non-hydrogen) atoms. The summed E-state index contributed by atoms with van der Waals surface area (Å²) in [6, 6.07) is 0. The number of allylic oxidation sites excluding steroid dienone is 1. The SMILES string of the molecule is CCOC1CCC(C2CCC(CCCC=C(F)F)CC2)CO1. The van der Waals surface area contributed by atoms with Crippen LogP contribution in [0.4, 0.5) is 8.78 Å². The minimum atomic E-state index is -1.54. The molecule has 1 aliphatic carbocycles. The standard InChI is InChI=1S/C18H30F2O2/c1-2-21-18-12-11-16(13-22-18)15-9-7-14(8-10-15)5-3-4-6-17(19)20/h6,14-16,18H,2-5,7-13H2,1H3. The van der Waals surface area contributed by atoms with Crippen LogP contribution in [0.5, 0.6) is 0 Å². The Bertz CT molecular complexity index is 326. The van der Waals surface area contributed by atoms with Crippen molar-refractivity contribution in [3.8, 4) is 0 Å². The molecule has 0 aromatic rings. The highest BCUT2D eigenvalue weighted by atomic mass is 19.3. The first-order valence-electron chi connectivity index (χ1n) is 8.93. The quantitative estimate of drug-likeness (QED) is 0.575. The van der Waals surface area contributed by atoms with Crippen LogP contribution in [0.2, 0.25) is 0 Å². The predicted molar refractivity (Wildman–Crippen MR) is 83.7 cm³/mol. The smallest absolute Gasteiger partial charge is 0.266 e. The Morgan fingerprint density at radius 2 is 1.82 bits per heavy atom. The van der Waals surface area contributed by atoms with Crippen LogP contribution < -0.4 is 0 Å². The van der Waals surface area contributed by atoms with E-state index in [0.717, 1.165) is 50.4 Å². The van der Waals surface area contributed by atoms with Gasteiger partial charge in [0.2, 0.25) is 0 Å². The third kappa shape index (κ3) is 5.96. The molecule has 2 unspecified atom stereocenters. The molecule has 1 heterocycles. The van der Waals surface area contributed by atoms with Crippen molar-refractivity contribution in [2.75, 3.05) is 13.2 Å². The van der Waals surface area contributed by atoms with Crippen molar-refractivity contribution >= 4 is 0 Å². The van der Waals surface area contributed by atoms with E-state index >= 15 is 0 Å². The summed E-state index contributed by atoms with van der Waals surface area (Å²) in [7, 11) is 0. The van der Waals surface area contributed by atoms with Crippen LogP contribution in [-0.2, 0) is 9.47 Å². The monoisotopic (exact) mass is 316 g/mol. The van der Waals surface area contributed by atoms with Gasteiger partial charge < -0.3 is 9.47 Å². The normalized spacial score (nSPS) is 32.7. The highest BCUT2D eigenvalue weighted by molar-refractivity contribution is 4.82. The molecule has 0 aromatic carbocycles. The Labute approximate surface area is 133 Å². The number of rotatable bonds is 7. The molecule has 0 radical (unpaired) electrons. The van der Waals surface area contributed by atoms with E-state index in [0.29, 0.717) is 12.3 Å².